The van der Waals surface area contributed by atoms with Gasteiger partial charge in [-0.25, -0.2) is 13.4 Å². The first-order valence-corrected chi connectivity index (χ1v) is 5.99. The molecule has 12 heavy (non-hydrogen) atoms. The van der Waals surface area contributed by atoms with E-state index in [1.54, 1.807) is 0 Å². The van der Waals surface area contributed by atoms with E-state index in [0.29, 0.717) is 9.63 Å². The Balaban J connectivity index is 3.37. The summed E-state index contributed by atoms with van der Waals surface area (Å²) in [5.41, 5.74) is 0. The topological polar surface area (TPSA) is 47.0 Å². The van der Waals surface area contributed by atoms with Crippen LogP contribution in [0, 0.1) is 0 Å². The maximum Gasteiger partial charge on any atom is 0.192 e. The molecule has 0 atom stereocenters. The third kappa shape index (κ3) is 2.43. The van der Waals surface area contributed by atoms with Gasteiger partial charge in [0.15, 0.2) is 14.9 Å². The molecule has 3 nitrogen and oxygen atoms in total. The lowest BCUT2D eigenvalue weighted by Crippen LogP contribution is -2.00. The second-order valence-electron chi connectivity index (χ2n) is 2.22. The molecule has 1 rings (SSSR count). The van der Waals surface area contributed by atoms with E-state index in [0.717, 1.165) is 6.26 Å². The smallest absolute Gasteiger partial charge is 0.192 e. The van der Waals surface area contributed by atoms with Crippen molar-refractivity contribution in [1.82, 2.24) is 4.98 Å². The zero-order valence-electron chi connectivity index (χ0n) is 6.08. The van der Waals surface area contributed by atoms with Gasteiger partial charge < -0.3 is 0 Å². The van der Waals surface area contributed by atoms with Gasteiger partial charge in [-0.1, -0.05) is 11.6 Å². The fraction of sp³-hybridized carbons (Fsp3) is 0.167. The van der Waals surface area contributed by atoms with Gasteiger partial charge in [-0.05, 0) is 28.1 Å². The number of nitrogens with zero attached hydrogens (tertiary/aromatic N) is 1. The highest BCUT2D eigenvalue weighted by Gasteiger charge is 2.10. The van der Waals surface area contributed by atoms with Gasteiger partial charge in [0.2, 0.25) is 0 Å². The molecule has 0 saturated carbocycles. The second-order valence-corrected chi connectivity index (χ2v) is 5.43. The Hall–Kier alpha value is -0.130. The zero-order chi connectivity index (χ0) is 9.35. The molecule has 0 aliphatic carbocycles. The first-order valence-electron chi connectivity index (χ1n) is 2.93. The van der Waals surface area contributed by atoms with Crippen molar-refractivity contribution in [2.24, 2.45) is 0 Å². The summed E-state index contributed by atoms with van der Waals surface area (Å²) in [4.78, 5) is 3.75. The van der Waals surface area contributed by atoms with Crippen molar-refractivity contribution in [3.05, 3.63) is 21.8 Å². The summed E-state index contributed by atoms with van der Waals surface area (Å²) in [7, 11) is -3.27. The molecule has 0 fully saturated rings. The van der Waals surface area contributed by atoms with Crippen molar-refractivity contribution < 1.29 is 8.42 Å². The van der Waals surface area contributed by atoms with Gasteiger partial charge in [0.05, 0.1) is 0 Å². The van der Waals surface area contributed by atoms with Crippen LogP contribution in [0.4, 0.5) is 0 Å². The van der Waals surface area contributed by atoms with E-state index in [2.05, 4.69) is 20.9 Å². The number of rotatable bonds is 1. The van der Waals surface area contributed by atoms with Crippen LogP contribution in [-0.4, -0.2) is 19.7 Å². The average molecular weight is 271 g/mol. The van der Waals surface area contributed by atoms with Gasteiger partial charge >= 0.3 is 0 Å². The average Bonchev–Trinajstić information content (AvgIpc) is 1.82. The maximum absolute atomic E-state index is 11.0. The first kappa shape index (κ1) is 9.95. The molecule has 0 amide bonds. The molecule has 0 aliphatic heterocycles. The lowest BCUT2D eigenvalue weighted by molar-refractivity contribution is 0.598. The predicted molar refractivity (Wildman–Crippen MR) is 50.1 cm³/mol. The van der Waals surface area contributed by atoms with E-state index in [1.807, 2.05) is 0 Å². The van der Waals surface area contributed by atoms with Crippen molar-refractivity contribution in [3.63, 3.8) is 0 Å². The summed E-state index contributed by atoms with van der Waals surface area (Å²) in [6.45, 7) is 0. The SMILES string of the molecule is CS(=O)(=O)c1cc(Cl)cc(Br)n1. The highest BCUT2D eigenvalue weighted by Crippen LogP contribution is 2.18. The Bertz CT molecular complexity index is 384. The largest absolute Gasteiger partial charge is 0.229 e. The summed E-state index contributed by atoms with van der Waals surface area (Å²) in [5.74, 6) is 0. The molecule has 66 valence electrons. The van der Waals surface area contributed by atoms with Gasteiger partial charge in [0.1, 0.15) is 4.60 Å². The Morgan fingerprint density at radius 1 is 1.50 bits per heavy atom. The number of hydrogen-bond acceptors (Lipinski definition) is 3. The van der Waals surface area contributed by atoms with E-state index in [1.165, 1.54) is 12.1 Å². The van der Waals surface area contributed by atoms with E-state index < -0.39 is 9.84 Å². The minimum Gasteiger partial charge on any atom is -0.229 e. The lowest BCUT2D eigenvalue weighted by atomic mass is 10.5. The molecule has 0 unspecified atom stereocenters. The monoisotopic (exact) mass is 269 g/mol. The van der Waals surface area contributed by atoms with Crippen molar-refractivity contribution in [1.29, 1.82) is 0 Å². The molecular formula is C6H5BrClNO2S. The van der Waals surface area contributed by atoms with Crippen LogP contribution in [0.5, 0.6) is 0 Å². The molecule has 0 saturated heterocycles. The molecule has 1 aromatic heterocycles. The quantitative estimate of drug-likeness (QED) is 0.732. The fourth-order valence-corrected chi connectivity index (χ4v) is 2.20. The van der Waals surface area contributed by atoms with Crippen molar-refractivity contribution in [2.45, 2.75) is 5.03 Å². The van der Waals surface area contributed by atoms with Crippen LogP contribution in [0.25, 0.3) is 0 Å². The molecule has 0 aromatic carbocycles. The first-order chi connectivity index (χ1) is 5.39. The minimum absolute atomic E-state index is 0.0260. The highest BCUT2D eigenvalue weighted by atomic mass is 79.9. The Labute approximate surface area is 83.8 Å². The second kappa shape index (κ2) is 3.32. The van der Waals surface area contributed by atoms with Crippen LogP contribution in [-0.2, 0) is 9.84 Å². The zero-order valence-corrected chi connectivity index (χ0v) is 9.24. The van der Waals surface area contributed by atoms with Crippen molar-refractivity contribution in [2.75, 3.05) is 6.26 Å². The molecule has 1 aromatic rings. The lowest BCUT2D eigenvalue weighted by Gasteiger charge is -1.98. The molecule has 0 radical (unpaired) electrons. The van der Waals surface area contributed by atoms with E-state index in [4.69, 9.17) is 11.6 Å². The predicted octanol–water partition coefficient (Wildman–Crippen LogP) is 1.90. The number of halogens is 2. The maximum atomic E-state index is 11.0. The van der Waals surface area contributed by atoms with Crippen LogP contribution in [0.1, 0.15) is 0 Å². The van der Waals surface area contributed by atoms with E-state index in [9.17, 15) is 8.42 Å². The number of pyridine rings is 1. The number of aromatic nitrogens is 1. The van der Waals surface area contributed by atoms with Crippen LogP contribution in [0.2, 0.25) is 5.02 Å². The van der Waals surface area contributed by atoms with E-state index >= 15 is 0 Å². The minimum atomic E-state index is -3.27. The fourth-order valence-electron chi connectivity index (χ4n) is 0.633. The highest BCUT2D eigenvalue weighted by molar-refractivity contribution is 9.10. The molecule has 0 N–H and O–H groups in total. The van der Waals surface area contributed by atoms with Crippen molar-refractivity contribution >= 4 is 37.4 Å². The normalized spacial score (nSPS) is 11.6. The molecule has 1 heterocycles. The molecular weight excluding hydrogens is 265 g/mol. The molecule has 0 spiro atoms. The Morgan fingerprint density at radius 2 is 2.08 bits per heavy atom. The van der Waals surface area contributed by atoms with Crippen LogP contribution in [0.3, 0.4) is 0 Å². The van der Waals surface area contributed by atoms with Gasteiger partial charge in [-0.3, -0.25) is 0 Å². The van der Waals surface area contributed by atoms with Crippen LogP contribution >= 0.6 is 27.5 Å². The van der Waals surface area contributed by atoms with Gasteiger partial charge in [0.25, 0.3) is 0 Å². The van der Waals surface area contributed by atoms with Gasteiger partial charge in [-0.2, -0.15) is 0 Å². The standard InChI is InChI=1S/C6H5BrClNO2S/c1-12(10,11)6-3-4(8)2-5(7)9-6/h2-3H,1H3. The number of sulfone groups is 1. The summed E-state index contributed by atoms with van der Waals surface area (Å²) in [5, 5.41) is 0.319. The van der Waals surface area contributed by atoms with Gasteiger partial charge in [-0.15, -0.1) is 0 Å². The summed E-state index contributed by atoms with van der Waals surface area (Å²) >= 11 is 8.67. The summed E-state index contributed by atoms with van der Waals surface area (Å²) < 4.78 is 22.4. The Kier molecular flexibility index (Phi) is 2.75. The van der Waals surface area contributed by atoms with Crippen LogP contribution < -0.4 is 0 Å². The van der Waals surface area contributed by atoms with Crippen molar-refractivity contribution in [3.8, 4) is 0 Å². The third-order valence-corrected chi connectivity index (χ3v) is 2.71. The summed E-state index contributed by atoms with van der Waals surface area (Å²) in [6, 6.07) is 2.83. The third-order valence-electron chi connectivity index (χ3n) is 1.12. The van der Waals surface area contributed by atoms with Crippen LogP contribution in [0.15, 0.2) is 21.8 Å². The molecule has 0 aliphatic rings. The summed E-state index contributed by atoms with van der Waals surface area (Å²) in [6.07, 6.45) is 1.08. The Morgan fingerprint density at radius 3 is 2.50 bits per heavy atom. The molecule has 0 bridgehead atoms. The van der Waals surface area contributed by atoms with Gasteiger partial charge in [0, 0.05) is 11.3 Å². The number of hydrogen-bond donors (Lipinski definition) is 0. The molecule has 6 heteroatoms. The van der Waals surface area contributed by atoms with E-state index in [-0.39, 0.29) is 5.03 Å².